The molecule has 0 unspecified atom stereocenters. The molecule has 1 aromatic carbocycles. The highest BCUT2D eigenvalue weighted by atomic mass is 19.3. The molecule has 0 radical (unpaired) electrons. The van der Waals surface area contributed by atoms with Crippen LogP contribution in [-0.4, -0.2) is 29.2 Å². The zero-order chi connectivity index (χ0) is 18.2. The Balaban J connectivity index is 2.06. The van der Waals surface area contributed by atoms with Crippen molar-refractivity contribution in [2.24, 2.45) is 0 Å². The molecule has 2 heterocycles. The van der Waals surface area contributed by atoms with E-state index in [1.807, 2.05) is 0 Å². The molecule has 0 fully saturated rings. The van der Waals surface area contributed by atoms with E-state index in [2.05, 4.69) is 9.72 Å². The molecule has 132 valence electrons. The Morgan fingerprint density at radius 2 is 2.04 bits per heavy atom. The number of aliphatic hydroxyl groups excluding tert-OH is 1. The first-order valence-electron chi connectivity index (χ1n) is 7.53. The zero-order valence-corrected chi connectivity index (χ0v) is 13.6. The van der Waals surface area contributed by atoms with Crippen LogP contribution in [0.3, 0.4) is 0 Å². The summed E-state index contributed by atoms with van der Waals surface area (Å²) in [6, 6.07) is 9.37. The Labute approximate surface area is 142 Å². The Kier molecular flexibility index (Phi) is 4.30. The van der Waals surface area contributed by atoms with Crippen LogP contribution >= 0.6 is 0 Å². The van der Waals surface area contributed by atoms with Gasteiger partial charge in [0, 0.05) is 11.6 Å². The predicted octanol–water partition coefficient (Wildman–Crippen LogP) is 2.66. The van der Waals surface area contributed by atoms with Gasteiger partial charge in [-0.1, -0.05) is 18.2 Å². The van der Waals surface area contributed by atoms with E-state index < -0.39 is 18.1 Å². The third kappa shape index (κ3) is 3.12. The molecule has 8 heteroatoms. The molecule has 1 amide bonds. The van der Waals surface area contributed by atoms with Gasteiger partial charge in [0.1, 0.15) is 0 Å². The number of halogens is 2. The average Bonchev–Trinajstić information content (AvgIpc) is 2.58. The number of fused-ring (bicyclic) bond motifs is 1. The van der Waals surface area contributed by atoms with Gasteiger partial charge in [-0.2, -0.15) is 8.78 Å². The molecule has 25 heavy (non-hydrogen) atoms. The fourth-order valence-electron chi connectivity index (χ4n) is 2.61. The molecule has 1 aromatic heterocycles. The van der Waals surface area contributed by atoms with Crippen molar-refractivity contribution < 1.29 is 28.2 Å². The largest absolute Gasteiger partial charge is 0.483 e. The van der Waals surface area contributed by atoms with E-state index in [0.29, 0.717) is 11.6 Å². The van der Waals surface area contributed by atoms with Crippen LogP contribution in [0.2, 0.25) is 0 Å². The lowest BCUT2D eigenvalue weighted by atomic mass is 10.1. The molecule has 1 atom stereocenters. The van der Waals surface area contributed by atoms with Crippen molar-refractivity contribution in [1.29, 1.82) is 0 Å². The summed E-state index contributed by atoms with van der Waals surface area (Å²) in [5.74, 6) is -1.40. The summed E-state index contributed by atoms with van der Waals surface area (Å²) in [5, 5.41) is 9.80. The number of benzene rings is 1. The molecule has 1 aliphatic heterocycles. The van der Waals surface area contributed by atoms with Crippen LogP contribution in [0, 0.1) is 0 Å². The van der Waals surface area contributed by atoms with Crippen molar-refractivity contribution in [2.75, 3.05) is 12.0 Å². The monoisotopic (exact) mass is 350 g/mol. The summed E-state index contributed by atoms with van der Waals surface area (Å²) >= 11 is 0. The summed E-state index contributed by atoms with van der Waals surface area (Å²) in [5.41, 5.74) is 0.700. The van der Waals surface area contributed by atoms with Gasteiger partial charge >= 0.3 is 12.0 Å². The maximum Gasteiger partial charge on any atom is 0.483 e. The number of aromatic nitrogens is 1. The summed E-state index contributed by atoms with van der Waals surface area (Å²) < 4.78 is 37.8. The van der Waals surface area contributed by atoms with Crippen LogP contribution in [0.15, 0.2) is 36.4 Å². The number of hydrogen-bond acceptors (Lipinski definition) is 5. The Hall–Kier alpha value is -2.74. The van der Waals surface area contributed by atoms with Gasteiger partial charge in [0.25, 0.3) is 0 Å². The van der Waals surface area contributed by atoms with Crippen LogP contribution in [-0.2, 0) is 11.3 Å². The number of aliphatic hydroxyl groups is 1. The number of amides is 1. The number of anilines is 1. The van der Waals surface area contributed by atoms with E-state index in [1.54, 1.807) is 24.3 Å². The number of nitrogens with zero attached hydrogens (tertiary/aromatic N) is 2. The highest BCUT2D eigenvalue weighted by molar-refractivity contribution is 6.01. The molecule has 0 saturated carbocycles. The molecule has 1 N–H and O–H groups in total. The number of rotatable bonds is 4. The molecule has 1 aliphatic rings. The molecule has 3 rings (SSSR count). The highest BCUT2D eigenvalue weighted by Gasteiger charge is 2.51. The molecule has 0 aliphatic carbocycles. The smallest absolute Gasteiger partial charge is 0.481 e. The average molecular weight is 350 g/mol. The molecule has 6 nitrogen and oxygen atoms in total. The van der Waals surface area contributed by atoms with Crippen LogP contribution in [0.5, 0.6) is 11.6 Å². The van der Waals surface area contributed by atoms with E-state index in [-0.39, 0.29) is 23.5 Å². The van der Waals surface area contributed by atoms with Crippen molar-refractivity contribution in [3.8, 4) is 11.6 Å². The summed E-state index contributed by atoms with van der Waals surface area (Å²) in [6.45, 7) is 1.24. The van der Waals surface area contributed by atoms with Gasteiger partial charge < -0.3 is 14.6 Å². The SMILES string of the molecule is COc1cccc(CN2C(=O)C(F)(F)Oc3c([C@@H](C)O)cccc32)n1. The van der Waals surface area contributed by atoms with E-state index in [4.69, 9.17) is 4.74 Å². The van der Waals surface area contributed by atoms with E-state index >= 15 is 0 Å². The van der Waals surface area contributed by atoms with Crippen molar-refractivity contribution in [2.45, 2.75) is 25.7 Å². The van der Waals surface area contributed by atoms with Gasteiger partial charge in [-0.3, -0.25) is 9.69 Å². The lowest BCUT2D eigenvalue weighted by molar-refractivity contribution is -0.193. The summed E-state index contributed by atoms with van der Waals surface area (Å²) in [7, 11) is 1.43. The van der Waals surface area contributed by atoms with E-state index in [9.17, 15) is 18.7 Å². The molecule has 0 saturated heterocycles. The van der Waals surface area contributed by atoms with Gasteiger partial charge in [-0.25, -0.2) is 4.98 Å². The van der Waals surface area contributed by atoms with Gasteiger partial charge in [-0.05, 0) is 19.1 Å². The standard InChI is InChI=1S/C17H16F2N2O4/c1-10(22)12-6-4-7-13-15(12)25-17(18,19)16(23)21(13)9-11-5-3-8-14(20-11)24-2/h3-8,10,22H,9H2,1-2H3/t10-/m1/s1. The normalized spacial score (nSPS) is 16.8. The number of alkyl halides is 2. The minimum atomic E-state index is -4.03. The second-order valence-electron chi connectivity index (χ2n) is 5.55. The van der Waals surface area contributed by atoms with Gasteiger partial charge in [-0.15, -0.1) is 0 Å². The summed E-state index contributed by atoms with van der Waals surface area (Å²) in [4.78, 5) is 17.2. The molecular weight excluding hydrogens is 334 g/mol. The van der Waals surface area contributed by atoms with Crippen molar-refractivity contribution in [3.63, 3.8) is 0 Å². The van der Waals surface area contributed by atoms with E-state index in [1.165, 1.54) is 26.2 Å². The Morgan fingerprint density at radius 1 is 1.32 bits per heavy atom. The number of carbonyl (C=O) groups is 1. The molecule has 0 bridgehead atoms. The number of pyridine rings is 1. The second kappa shape index (κ2) is 6.29. The van der Waals surface area contributed by atoms with Gasteiger partial charge in [0.2, 0.25) is 5.88 Å². The fraction of sp³-hybridized carbons (Fsp3) is 0.294. The third-order valence-corrected chi connectivity index (χ3v) is 3.80. The fourth-order valence-corrected chi connectivity index (χ4v) is 2.61. The predicted molar refractivity (Wildman–Crippen MR) is 84.6 cm³/mol. The first-order valence-corrected chi connectivity index (χ1v) is 7.53. The Morgan fingerprint density at radius 3 is 2.72 bits per heavy atom. The molecule has 2 aromatic rings. The minimum absolute atomic E-state index is 0.152. The second-order valence-corrected chi connectivity index (χ2v) is 5.55. The number of methoxy groups -OCH3 is 1. The zero-order valence-electron chi connectivity index (χ0n) is 13.6. The number of ether oxygens (including phenoxy) is 2. The van der Waals surface area contributed by atoms with Crippen LogP contribution in [0.1, 0.15) is 24.3 Å². The Bertz CT molecular complexity index is 811. The molecule has 0 spiro atoms. The van der Waals surface area contributed by atoms with Crippen LogP contribution in [0.4, 0.5) is 14.5 Å². The van der Waals surface area contributed by atoms with Crippen molar-refractivity contribution in [1.82, 2.24) is 4.98 Å². The maximum absolute atomic E-state index is 14.1. The summed E-state index contributed by atoms with van der Waals surface area (Å²) in [6.07, 6.45) is -5.06. The first-order chi connectivity index (χ1) is 11.8. The van der Waals surface area contributed by atoms with Gasteiger partial charge in [0.05, 0.1) is 31.1 Å². The topological polar surface area (TPSA) is 71.9 Å². The number of hydrogen-bond donors (Lipinski definition) is 1. The first kappa shape index (κ1) is 17.1. The lowest BCUT2D eigenvalue weighted by Crippen LogP contribution is -2.50. The molecular formula is C17H16F2N2O4. The maximum atomic E-state index is 14.1. The quantitative estimate of drug-likeness (QED) is 0.918. The highest BCUT2D eigenvalue weighted by Crippen LogP contribution is 2.44. The van der Waals surface area contributed by atoms with Crippen molar-refractivity contribution in [3.05, 3.63) is 47.7 Å². The number of carbonyl (C=O) groups excluding carboxylic acids is 1. The van der Waals surface area contributed by atoms with Crippen LogP contribution < -0.4 is 14.4 Å². The lowest BCUT2D eigenvalue weighted by Gasteiger charge is -2.34. The van der Waals surface area contributed by atoms with Crippen LogP contribution in [0.25, 0.3) is 0 Å². The van der Waals surface area contributed by atoms with Crippen molar-refractivity contribution >= 4 is 11.6 Å². The number of para-hydroxylation sites is 1. The van der Waals surface area contributed by atoms with Gasteiger partial charge in [0.15, 0.2) is 5.75 Å². The van der Waals surface area contributed by atoms with E-state index in [0.717, 1.165) is 4.90 Å². The third-order valence-electron chi connectivity index (χ3n) is 3.80. The minimum Gasteiger partial charge on any atom is -0.481 e.